The van der Waals surface area contributed by atoms with Crippen LogP contribution in [0.4, 0.5) is 0 Å². The third kappa shape index (κ3) is 4.47. The van der Waals surface area contributed by atoms with Crippen molar-refractivity contribution in [1.29, 1.82) is 0 Å². The Hall–Kier alpha value is -2.42. The molecule has 0 bridgehead atoms. The number of rotatable bonds is 9. The summed E-state index contributed by atoms with van der Waals surface area (Å²) in [6.45, 7) is 2.43. The SMILES string of the molecule is CCCC[C@@H](O)COC(c1ccccc1)(c1ccccc1)c1ccccc1. The highest BCUT2D eigenvalue weighted by Gasteiger charge is 2.37. The maximum atomic E-state index is 10.5. The zero-order chi connectivity index (χ0) is 19.0. The Labute approximate surface area is 162 Å². The molecule has 140 valence electrons. The average Bonchev–Trinajstić information content (AvgIpc) is 2.75. The molecular weight excluding hydrogens is 332 g/mol. The lowest BCUT2D eigenvalue weighted by molar-refractivity contribution is -0.0404. The molecule has 0 radical (unpaired) electrons. The highest BCUT2D eigenvalue weighted by atomic mass is 16.5. The van der Waals surface area contributed by atoms with Gasteiger partial charge in [0, 0.05) is 0 Å². The highest BCUT2D eigenvalue weighted by Crippen LogP contribution is 2.40. The largest absolute Gasteiger partial charge is 0.391 e. The summed E-state index contributed by atoms with van der Waals surface area (Å²) in [4.78, 5) is 0. The van der Waals surface area contributed by atoms with E-state index in [2.05, 4.69) is 43.3 Å². The predicted octanol–water partition coefficient (Wildman–Crippen LogP) is 5.55. The molecule has 0 saturated carbocycles. The van der Waals surface area contributed by atoms with Crippen molar-refractivity contribution in [3.05, 3.63) is 108 Å². The Morgan fingerprint density at radius 2 is 1.15 bits per heavy atom. The first kappa shape index (κ1) is 19.3. The zero-order valence-electron chi connectivity index (χ0n) is 15.9. The van der Waals surface area contributed by atoms with Crippen molar-refractivity contribution in [3.8, 4) is 0 Å². The Morgan fingerprint density at radius 1 is 0.741 bits per heavy atom. The van der Waals surface area contributed by atoms with E-state index in [1.165, 1.54) is 0 Å². The van der Waals surface area contributed by atoms with Crippen molar-refractivity contribution in [2.75, 3.05) is 6.61 Å². The first-order chi connectivity index (χ1) is 13.3. The molecule has 3 aromatic carbocycles. The van der Waals surface area contributed by atoms with Crippen molar-refractivity contribution in [2.24, 2.45) is 0 Å². The van der Waals surface area contributed by atoms with Crippen LogP contribution in [0.2, 0.25) is 0 Å². The van der Waals surface area contributed by atoms with Crippen LogP contribution in [0.3, 0.4) is 0 Å². The van der Waals surface area contributed by atoms with Crippen molar-refractivity contribution in [1.82, 2.24) is 0 Å². The molecule has 0 unspecified atom stereocenters. The molecule has 2 heteroatoms. The first-order valence-corrected chi connectivity index (χ1v) is 9.76. The lowest BCUT2D eigenvalue weighted by atomic mass is 9.80. The highest BCUT2D eigenvalue weighted by molar-refractivity contribution is 5.47. The fourth-order valence-electron chi connectivity index (χ4n) is 3.51. The number of ether oxygens (including phenoxy) is 1. The summed E-state index contributed by atoms with van der Waals surface area (Å²) >= 11 is 0. The van der Waals surface area contributed by atoms with Gasteiger partial charge in [-0.3, -0.25) is 0 Å². The molecule has 3 aromatic rings. The maximum Gasteiger partial charge on any atom is 0.143 e. The number of hydrogen-bond acceptors (Lipinski definition) is 2. The van der Waals surface area contributed by atoms with Gasteiger partial charge < -0.3 is 9.84 Å². The smallest absolute Gasteiger partial charge is 0.143 e. The standard InChI is InChI=1S/C25H28O2/c1-2-3-19-24(26)20-27-25(21-13-7-4-8-14-21,22-15-9-5-10-16-22)23-17-11-6-12-18-23/h4-18,24,26H,2-3,19-20H2,1H3/t24-/m1/s1. The average molecular weight is 360 g/mol. The molecule has 2 nitrogen and oxygen atoms in total. The molecule has 27 heavy (non-hydrogen) atoms. The molecule has 0 heterocycles. The molecular formula is C25H28O2. The van der Waals surface area contributed by atoms with E-state index in [1.54, 1.807) is 0 Å². The van der Waals surface area contributed by atoms with Gasteiger partial charge in [-0.15, -0.1) is 0 Å². The van der Waals surface area contributed by atoms with Crippen LogP contribution in [0.1, 0.15) is 42.9 Å². The summed E-state index contributed by atoms with van der Waals surface area (Å²) in [5.41, 5.74) is 2.43. The number of benzene rings is 3. The third-order valence-corrected chi connectivity index (χ3v) is 4.92. The lowest BCUT2D eigenvalue weighted by Gasteiger charge is -2.36. The van der Waals surface area contributed by atoms with Crippen LogP contribution in [0, 0.1) is 0 Å². The van der Waals surface area contributed by atoms with Crippen molar-refractivity contribution in [3.63, 3.8) is 0 Å². The Balaban J connectivity index is 2.08. The zero-order valence-corrected chi connectivity index (χ0v) is 15.9. The molecule has 0 aliphatic heterocycles. The fraction of sp³-hybridized carbons (Fsp3) is 0.280. The lowest BCUT2D eigenvalue weighted by Crippen LogP contribution is -2.35. The van der Waals surface area contributed by atoms with Crippen LogP contribution in [-0.2, 0) is 10.3 Å². The quantitative estimate of drug-likeness (QED) is 0.507. The van der Waals surface area contributed by atoms with E-state index in [0.29, 0.717) is 6.61 Å². The minimum Gasteiger partial charge on any atom is -0.391 e. The summed E-state index contributed by atoms with van der Waals surface area (Å²) < 4.78 is 6.60. The second-order valence-corrected chi connectivity index (χ2v) is 6.89. The van der Waals surface area contributed by atoms with Crippen molar-refractivity contribution < 1.29 is 9.84 Å². The van der Waals surface area contributed by atoms with Gasteiger partial charge in [-0.1, -0.05) is 111 Å². The third-order valence-electron chi connectivity index (χ3n) is 4.92. The fourth-order valence-corrected chi connectivity index (χ4v) is 3.51. The Bertz CT molecular complexity index is 688. The van der Waals surface area contributed by atoms with E-state index in [0.717, 1.165) is 36.0 Å². The van der Waals surface area contributed by atoms with E-state index in [4.69, 9.17) is 4.74 Å². The minimum atomic E-state index is -0.753. The van der Waals surface area contributed by atoms with Gasteiger partial charge in [-0.05, 0) is 23.1 Å². The summed E-state index contributed by atoms with van der Waals surface area (Å²) in [6, 6.07) is 30.8. The van der Waals surface area contributed by atoms with E-state index in [9.17, 15) is 5.11 Å². The van der Waals surface area contributed by atoms with Gasteiger partial charge in [-0.25, -0.2) is 0 Å². The van der Waals surface area contributed by atoms with E-state index >= 15 is 0 Å². The number of unbranched alkanes of at least 4 members (excludes halogenated alkanes) is 1. The molecule has 0 spiro atoms. The van der Waals surface area contributed by atoms with E-state index < -0.39 is 11.7 Å². The van der Waals surface area contributed by atoms with Gasteiger partial charge >= 0.3 is 0 Å². The molecule has 1 atom stereocenters. The summed E-state index contributed by atoms with van der Waals surface area (Å²) in [7, 11) is 0. The van der Waals surface area contributed by atoms with Gasteiger partial charge in [0.2, 0.25) is 0 Å². The van der Waals surface area contributed by atoms with Gasteiger partial charge in [0.15, 0.2) is 0 Å². The summed E-state index contributed by atoms with van der Waals surface area (Å²) in [6.07, 6.45) is 2.35. The monoisotopic (exact) mass is 360 g/mol. The van der Waals surface area contributed by atoms with Crippen LogP contribution in [0.15, 0.2) is 91.0 Å². The molecule has 1 N–H and O–H groups in total. The van der Waals surface area contributed by atoms with Gasteiger partial charge in [0.1, 0.15) is 5.60 Å². The van der Waals surface area contributed by atoms with Crippen molar-refractivity contribution in [2.45, 2.75) is 37.9 Å². The molecule has 0 aliphatic carbocycles. The van der Waals surface area contributed by atoms with Crippen molar-refractivity contribution >= 4 is 0 Å². The molecule has 3 rings (SSSR count). The minimum absolute atomic E-state index is 0.290. The molecule has 0 saturated heterocycles. The topological polar surface area (TPSA) is 29.5 Å². The second-order valence-electron chi connectivity index (χ2n) is 6.89. The number of hydrogen-bond donors (Lipinski definition) is 1. The van der Waals surface area contributed by atoms with Gasteiger partial charge in [0.05, 0.1) is 12.7 Å². The van der Waals surface area contributed by atoms with E-state index in [-0.39, 0.29) is 0 Å². The Morgan fingerprint density at radius 3 is 1.52 bits per heavy atom. The molecule has 0 aliphatic rings. The van der Waals surface area contributed by atoms with Gasteiger partial charge in [0.25, 0.3) is 0 Å². The Kier molecular flexibility index (Phi) is 6.80. The summed E-state index contributed by atoms with van der Waals surface area (Å²) in [5, 5.41) is 10.5. The van der Waals surface area contributed by atoms with Gasteiger partial charge in [-0.2, -0.15) is 0 Å². The second kappa shape index (κ2) is 9.50. The normalized spacial score (nSPS) is 12.7. The molecule has 0 fully saturated rings. The first-order valence-electron chi connectivity index (χ1n) is 9.76. The number of aliphatic hydroxyl groups excluding tert-OH is 1. The molecule has 0 aromatic heterocycles. The maximum absolute atomic E-state index is 10.5. The van der Waals surface area contributed by atoms with Crippen LogP contribution in [0.25, 0.3) is 0 Å². The summed E-state index contributed by atoms with van der Waals surface area (Å²) in [5.74, 6) is 0. The molecule has 0 amide bonds. The van der Waals surface area contributed by atoms with Crippen LogP contribution < -0.4 is 0 Å². The van der Waals surface area contributed by atoms with Crippen LogP contribution in [0.5, 0.6) is 0 Å². The van der Waals surface area contributed by atoms with Crippen LogP contribution in [-0.4, -0.2) is 17.8 Å². The van der Waals surface area contributed by atoms with E-state index in [1.807, 2.05) is 54.6 Å². The van der Waals surface area contributed by atoms with Crippen LogP contribution >= 0.6 is 0 Å². The number of aliphatic hydroxyl groups is 1. The predicted molar refractivity (Wildman–Crippen MR) is 111 cm³/mol.